The van der Waals surface area contributed by atoms with Crippen molar-refractivity contribution in [2.75, 3.05) is 18.8 Å². The summed E-state index contributed by atoms with van der Waals surface area (Å²) in [6.45, 7) is 6.70. The number of carbonyl (C=O) groups is 1. The first-order valence-corrected chi connectivity index (χ1v) is 9.93. The zero-order valence-electron chi connectivity index (χ0n) is 14.6. The minimum absolute atomic E-state index is 0.220. The van der Waals surface area contributed by atoms with Crippen LogP contribution in [0.2, 0.25) is 0 Å². The Bertz CT molecular complexity index is 810. The highest BCUT2D eigenvalue weighted by Crippen LogP contribution is 2.19. The number of aromatic nitrogens is 1. The number of piperidine rings is 1. The maximum absolute atomic E-state index is 12.4. The Hall–Kier alpha value is -2.44. The second-order valence-electron chi connectivity index (χ2n) is 6.07. The molecule has 2 heterocycles. The molecule has 1 saturated heterocycles. The van der Waals surface area contributed by atoms with Gasteiger partial charge in [-0.25, -0.2) is 18.2 Å². The lowest BCUT2D eigenvalue weighted by Crippen LogP contribution is -2.40. The predicted octanol–water partition coefficient (Wildman–Crippen LogP) is 2.18. The zero-order chi connectivity index (χ0) is 19.2. The number of amides is 1. The SMILES string of the molecule is C=C(C)c1cccc(C(NS(=O)(=O)CC#N)OC(=O)N2CCCCC2)n1. The van der Waals surface area contributed by atoms with Gasteiger partial charge in [-0.2, -0.15) is 9.98 Å². The Kier molecular flexibility index (Phi) is 6.71. The molecule has 2 rings (SSSR count). The van der Waals surface area contributed by atoms with Crippen LogP contribution in [0.5, 0.6) is 0 Å². The molecule has 1 N–H and O–H groups in total. The van der Waals surface area contributed by atoms with Crippen LogP contribution < -0.4 is 4.72 Å². The van der Waals surface area contributed by atoms with Crippen LogP contribution in [0.1, 0.15) is 43.8 Å². The van der Waals surface area contributed by atoms with Crippen LogP contribution in [0, 0.1) is 11.3 Å². The molecule has 0 saturated carbocycles. The zero-order valence-corrected chi connectivity index (χ0v) is 15.5. The number of sulfonamides is 1. The molecule has 1 unspecified atom stereocenters. The van der Waals surface area contributed by atoms with Crippen molar-refractivity contribution in [2.45, 2.75) is 32.4 Å². The Morgan fingerprint density at radius 1 is 1.42 bits per heavy atom. The highest BCUT2D eigenvalue weighted by atomic mass is 32.2. The van der Waals surface area contributed by atoms with E-state index in [9.17, 15) is 13.2 Å². The van der Waals surface area contributed by atoms with Crippen LogP contribution in [-0.4, -0.2) is 43.2 Å². The molecule has 9 heteroatoms. The van der Waals surface area contributed by atoms with Crippen molar-refractivity contribution in [3.8, 4) is 6.07 Å². The quantitative estimate of drug-likeness (QED) is 0.759. The van der Waals surface area contributed by atoms with Crippen LogP contribution in [0.3, 0.4) is 0 Å². The molecule has 1 aromatic rings. The van der Waals surface area contributed by atoms with Crippen LogP contribution >= 0.6 is 0 Å². The minimum Gasteiger partial charge on any atom is -0.423 e. The fourth-order valence-corrected chi connectivity index (χ4v) is 3.27. The van der Waals surface area contributed by atoms with Crippen LogP contribution in [-0.2, 0) is 14.8 Å². The highest BCUT2D eigenvalue weighted by Gasteiger charge is 2.27. The Balaban J connectivity index is 2.26. The fraction of sp³-hybridized carbons (Fsp3) is 0.471. The van der Waals surface area contributed by atoms with Gasteiger partial charge in [0, 0.05) is 13.1 Å². The van der Waals surface area contributed by atoms with Gasteiger partial charge in [0.2, 0.25) is 16.3 Å². The van der Waals surface area contributed by atoms with Crippen LogP contribution in [0.25, 0.3) is 5.57 Å². The number of carbonyl (C=O) groups excluding carboxylic acids is 1. The topological polar surface area (TPSA) is 112 Å². The largest absolute Gasteiger partial charge is 0.423 e. The second kappa shape index (κ2) is 8.78. The smallest absolute Gasteiger partial charge is 0.411 e. The van der Waals surface area contributed by atoms with E-state index in [1.807, 2.05) is 0 Å². The second-order valence-corrected chi connectivity index (χ2v) is 7.83. The van der Waals surface area contributed by atoms with Gasteiger partial charge in [0.15, 0.2) is 5.75 Å². The first-order valence-electron chi connectivity index (χ1n) is 8.28. The van der Waals surface area contributed by atoms with E-state index >= 15 is 0 Å². The van der Waals surface area contributed by atoms with Gasteiger partial charge in [0.1, 0.15) is 0 Å². The van der Waals surface area contributed by atoms with Gasteiger partial charge in [-0.05, 0) is 43.9 Å². The molecular formula is C17H22N4O4S. The predicted molar refractivity (Wildman–Crippen MR) is 96.1 cm³/mol. The third-order valence-electron chi connectivity index (χ3n) is 3.85. The molecule has 1 aliphatic rings. The van der Waals surface area contributed by atoms with E-state index in [0.717, 1.165) is 19.3 Å². The summed E-state index contributed by atoms with van der Waals surface area (Å²) < 4.78 is 31.6. The standard InChI is InChI=1S/C17H22N4O4S/c1-13(2)14-7-6-8-15(19-14)16(20-26(23,24)12-9-18)25-17(22)21-10-4-3-5-11-21/h6-8,16,20H,1,3-5,10-12H2,2H3. The number of hydrogen-bond acceptors (Lipinski definition) is 6. The van der Waals surface area contributed by atoms with Crippen molar-refractivity contribution >= 4 is 21.7 Å². The molecule has 0 bridgehead atoms. The summed E-state index contributed by atoms with van der Waals surface area (Å²) in [6.07, 6.45) is 0.871. The Morgan fingerprint density at radius 3 is 2.73 bits per heavy atom. The summed E-state index contributed by atoms with van der Waals surface area (Å²) in [6, 6.07) is 6.52. The molecule has 0 aromatic carbocycles. The van der Waals surface area contributed by atoms with E-state index < -0.39 is 28.1 Å². The van der Waals surface area contributed by atoms with E-state index in [1.54, 1.807) is 31.2 Å². The van der Waals surface area contributed by atoms with E-state index in [-0.39, 0.29) is 5.69 Å². The van der Waals surface area contributed by atoms with Gasteiger partial charge >= 0.3 is 6.09 Å². The average molecular weight is 378 g/mol. The van der Waals surface area contributed by atoms with Gasteiger partial charge in [-0.15, -0.1) is 0 Å². The molecule has 1 aliphatic heterocycles. The average Bonchev–Trinajstić information content (AvgIpc) is 2.61. The molecule has 1 amide bonds. The van der Waals surface area contributed by atoms with Crippen molar-refractivity contribution in [1.29, 1.82) is 5.26 Å². The Morgan fingerprint density at radius 2 is 2.12 bits per heavy atom. The van der Waals surface area contributed by atoms with Gasteiger partial charge < -0.3 is 9.64 Å². The molecule has 140 valence electrons. The number of likely N-dealkylation sites (tertiary alicyclic amines) is 1. The minimum atomic E-state index is -3.96. The fourth-order valence-electron chi connectivity index (χ4n) is 2.52. The first-order chi connectivity index (χ1) is 12.3. The lowest BCUT2D eigenvalue weighted by atomic mass is 10.1. The van der Waals surface area contributed by atoms with Crippen molar-refractivity contribution < 1.29 is 17.9 Å². The maximum atomic E-state index is 12.4. The summed E-state index contributed by atoms with van der Waals surface area (Å²) in [5, 5.41) is 8.68. The van der Waals surface area contributed by atoms with Gasteiger partial charge in [0.25, 0.3) is 0 Å². The molecule has 8 nitrogen and oxygen atoms in total. The molecule has 26 heavy (non-hydrogen) atoms. The van der Waals surface area contributed by atoms with Crippen molar-refractivity contribution in [2.24, 2.45) is 0 Å². The van der Waals surface area contributed by atoms with E-state index in [2.05, 4.69) is 16.3 Å². The summed E-state index contributed by atoms with van der Waals surface area (Å²) >= 11 is 0. The molecule has 1 fully saturated rings. The van der Waals surface area contributed by atoms with Gasteiger partial charge in [-0.3, -0.25) is 0 Å². The van der Waals surface area contributed by atoms with E-state index in [1.165, 1.54) is 4.90 Å². The molecule has 0 aliphatic carbocycles. The number of nitrogens with one attached hydrogen (secondary N) is 1. The van der Waals surface area contributed by atoms with Crippen LogP contribution in [0.15, 0.2) is 24.8 Å². The number of hydrogen-bond donors (Lipinski definition) is 1. The number of pyridine rings is 1. The summed E-state index contributed by atoms with van der Waals surface area (Å²) in [7, 11) is -3.96. The van der Waals surface area contributed by atoms with Gasteiger partial charge in [0.05, 0.1) is 17.5 Å². The molecule has 0 radical (unpaired) electrons. The molecule has 1 atom stereocenters. The summed E-state index contributed by atoms with van der Waals surface area (Å²) in [5.41, 5.74) is 1.46. The first kappa shape index (κ1) is 19.9. The summed E-state index contributed by atoms with van der Waals surface area (Å²) in [5.74, 6) is -0.745. The Labute approximate surface area is 153 Å². The van der Waals surface area contributed by atoms with Crippen molar-refractivity contribution in [3.05, 3.63) is 36.2 Å². The monoisotopic (exact) mass is 378 g/mol. The number of allylic oxidation sites excluding steroid dienone is 1. The van der Waals surface area contributed by atoms with Crippen molar-refractivity contribution in [3.63, 3.8) is 0 Å². The van der Waals surface area contributed by atoms with Crippen molar-refractivity contribution in [1.82, 2.24) is 14.6 Å². The normalized spacial score (nSPS) is 15.8. The number of ether oxygens (including phenoxy) is 1. The third-order valence-corrected chi connectivity index (χ3v) is 4.93. The molecule has 1 aromatic heterocycles. The highest BCUT2D eigenvalue weighted by molar-refractivity contribution is 7.89. The van der Waals surface area contributed by atoms with Gasteiger partial charge in [-0.1, -0.05) is 12.6 Å². The number of nitrogens with zero attached hydrogens (tertiary/aromatic N) is 3. The molecule has 0 spiro atoms. The van der Waals surface area contributed by atoms with E-state index in [4.69, 9.17) is 10.00 Å². The number of rotatable bonds is 6. The lowest BCUT2D eigenvalue weighted by Gasteiger charge is -2.28. The van der Waals surface area contributed by atoms with E-state index in [0.29, 0.717) is 24.4 Å². The number of nitriles is 1. The maximum Gasteiger partial charge on any atom is 0.411 e. The molecular weight excluding hydrogens is 356 g/mol. The lowest BCUT2D eigenvalue weighted by molar-refractivity contribution is 0.0509. The third kappa shape index (κ3) is 5.54. The summed E-state index contributed by atoms with van der Waals surface area (Å²) in [4.78, 5) is 18.3. The van der Waals surface area contributed by atoms with Crippen LogP contribution in [0.4, 0.5) is 4.79 Å².